The molecule has 0 bridgehead atoms. The lowest BCUT2D eigenvalue weighted by Gasteiger charge is -2.15. The predicted octanol–water partition coefficient (Wildman–Crippen LogP) is 6.85. The van der Waals surface area contributed by atoms with Crippen molar-refractivity contribution in [1.82, 2.24) is 10.1 Å². The van der Waals surface area contributed by atoms with Crippen LogP contribution in [0.25, 0.3) is 22.6 Å². The third-order valence-corrected chi connectivity index (χ3v) is 7.42. The van der Waals surface area contributed by atoms with Crippen LogP contribution in [0.5, 0.6) is 0 Å². The third kappa shape index (κ3) is 4.99. The number of nitrogens with zero attached hydrogens (tertiary/aromatic N) is 2. The van der Waals surface area contributed by atoms with E-state index in [1.807, 2.05) is 54.6 Å². The number of hydrogen-bond acceptors (Lipinski definition) is 6. The molecule has 7 nitrogen and oxygen atoms in total. The zero-order valence-electron chi connectivity index (χ0n) is 20.4. The Bertz CT molecular complexity index is 1610. The van der Waals surface area contributed by atoms with E-state index >= 15 is 0 Å². The van der Waals surface area contributed by atoms with Crippen LogP contribution in [0.1, 0.15) is 44.8 Å². The summed E-state index contributed by atoms with van der Waals surface area (Å²) in [5, 5.41) is 10.6. The molecular formula is C30H24N4O3S. The molecule has 6 rings (SSSR count). The van der Waals surface area contributed by atoms with Gasteiger partial charge >= 0.3 is 0 Å². The molecule has 1 aliphatic carbocycles. The van der Waals surface area contributed by atoms with Crippen LogP contribution >= 0.6 is 11.3 Å². The maximum absolute atomic E-state index is 13.0. The summed E-state index contributed by atoms with van der Waals surface area (Å²) in [6, 6.07) is 26.4. The van der Waals surface area contributed by atoms with Gasteiger partial charge in [-0.2, -0.15) is 0 Å². The average Bonchev–Trinajstić information content (AvgIpc) is 3.61. The summed E-state index contributed by atoms with van der Waals surface area (Å²) in [6.45, 7) is 0. The van der Waals surface area contributed by atoms with Gasteiger partial charge in [0.05, 0.1) is 0 Å². The van der Waals surface area contributed by atoms with Gasteiger partial charge in [-0.3, -0.25) is 14.9 Å². The van der Waals surface area contributed by atoms with Crippen LogP contribution in [0, 0.1) is 0 Å². The van der Waals surface area contributed by atoms with Gasteiger partial charge in [-0.05, 0) is 55.0 Å². The maximum atomic E-state index is 13.0. The minimum atomic E-state index is -0.438. The highest BCUT2D eigenvalue weighted by molar-refractivity contribution is 7.20. The normalized spacial score (nSPS) is 12.5. The van der Waals surface area contributed by atoms with E-state index in [0.29, 0.717) is 27.2 Å². The quantitative estimate of drug-likeness (QED) is 0.255. The molecule has 0 saturated carbocycles. The van der Waals surface area contributed by atoms with Crippen molar-refractivity contribution >= 4 is 33.3 Å². The summed E-state index contributed by atoms with van der Waals surface area (Å²) in [5.74, 6) is -0.147. The molecule has 8 heteroatoms. The highest BCUT2D eigenvalue weighted by Crippen LogP contribution is 2.36. The van der Waals surface area contributed by atoms with E-state index in [1.54, 1.807) is 18.2 Å². The molecule has 0 fully saturated rings. The number of hydrogen-bond donors (Lipinski definition) is 2. The van der Waals surface area contributed by atoms with Gasteiger partial charge in [0.15, 0.2) is 16.6 Å². The van der Waals surface area contributed by atoms with E-state index in [-0.39, 0.29) is 11.6 Å². The Balaban J connectivity index is 1.23. The summed E-state index contributed by atoms with van der Waals surface area (Å²) in [4.78, 5) is 30.5. The van der Waals surface area contributed by atoms with Gasteiger partial charge in [0.25, 0.3) is 11.8 Å². The number of amides is 2. The van der Waals surface area contributed by atoms with E-state index in [2.05, 4.69) is 32.9 Å². The number of carbonyl (C=O) groups is 2. The minimum absolute atomic E-state index is 0.157. The molecule has 0 radical (unpaired) electrons. The van der Waals surface area contributed by atoms with Crippen LogP contribution in [0.3, 0.4) is 0 Å². The number of rotatable bonds is 6. The third-order valence-electron chi connectivity index (χ3n) is 6.53. The Kier molecular flexibility index (Phi) is 6.54. The van der Waals surface area contributed by atoms with Crippen LogP contribution in [-0.2, 0) is 12.8 Å². The highest BCUT2D eigenvalue weighted by atomic mass is 32.1. The van der Waals surface area contributed by atoms with Crippen molar-refractivity contribution < 1.29 is 14.1 Å². The molecule has 38 heavy (non-hydrogen) atoms. The van der Waals surface area contributed by atoms with Crippen molar-refractivity contribution in [2.45, 2.75) is 25.7 Å². The molecule has 0 atom stereocenters. The standard InChI is InChI=1S/C30H24N4O3S/c35-27(21-12-5-2-6-13-21)32-29-26(20-10-3-1-4-11-20)31-30(38-29)33-28(36)24-18-25(37-34-24)23-16-15-19-9-7-8-14-22(19)17-23/h1-6,10-13,15-18H,7-9,14H2,(H,32,35)(H,31,33,36). The van der Waals surface area contributed by atoms with Crippen LogP contribution in [-0.4, -0.2) is 22.0 Å². The lowest BCUT2D eigenvalue weighted by atomic mass is 9.90. The number of anilines is 2. The number of thiazole rings is 1. The summed E-state index contributed by atoms with van der Waals surface area (Å²) >= 11 is 1.19. The van der Waals surface area contributed by atoms with E-state index in [9.17, 15) is 9.59 Å². The van der Waals surface area contributed by atoms with Crippen LogP contribution < -0.4 is 10.6 Å². The number of carbonyl (C=O) groups excluding carboxylic acids is 2. The molecule has 2 aromatic heterocycles. The largest absolute Gasteiger partial charge is 0.355 e. The van der Waals surface area contributed by atoms with E-state index in [4.69, 9.17) is 4.52 Å². The first-order valence-corrected chi connectivity index (χ1v) is 13.3. The second-order valence-corrected chi connectivity index (χ2v) is 10.1. The van der Waals surface area contributed by atoms with Crippen LogP contribution in [0.2, 0.25) is 0 Å². The van der Waals surface area contributed by atoms with Crippen molar-refractivity contribution in [3.63, 3.8) is 0 Å². The Labute approximate surface area is 223 Å². The second kappa shape index (κ2) is 10.4. The molecule has 3 aromatic carbocycles. The molecule has 0 saturated heterocycles. The Morgan fingerprint density at radius 2 is 1.50 bits per heavy atom. The number of fused-ring (bicyclic) bond motifs is 1. The molecule has 188 valence electrons. The first-order valence-electron chi connectivity index (χ1n) is 12.5. The topological polar surface area (TPSA) is 97.1 Å². The van der Waals surface area contributed by atoms with Gasteiger partial charge in [0, 0.05) is 22.8 Å². The van der Waals surface area contributed by atoms with E-state index in [1.165, 1.54) is 35.3 Å². The van der Waals surface area contributed by atoms with E-state index < -0.39 is 5.91 Å². The SMILES string of the molecule is O=C(Nc1sc(NC(=O)c2cc(-c3ccc4c(c3)CCCC4)on2)nc1-c1ccccc1)c1ccccc1. The zero-order chi connectivity index (χ0) is 25.9. The molecule has 0 aliphatic heterocycles. The minimum Gasteiger partial charge on any atom is -0.355 e. The van der Waals surface area contributed by atoms with E-state index in [0.717, 1.165) is 24.0 Å². The fourth-order valence-corrected chi connectivity index (χ4v) is 5.46. The highest BCUT2D eigenvalue weighted by Gasteiger charge is 2.20. The molecule has 2 N–H and O–H groups in total. The molecule has 5 aromatic rings. The molecule has 0 spiro atoms. The number of nitrogens with one attached hydrogen (secondary N) is 2. The lowest BCUT2D eigenvalue weighted by Crippen LogP contribution is -2.11. The fourth-order valence-electron chi connectivity index (χ4n) is 4.58. The molecule has 0 unspecified atom stereocenters. The number of benzene rings is 3. The van der Waals surface area contributed by atoms with Crippen molar-refractivity contribution in [3.8, 4) is 22.6 Å². The summed E-state index contributed by atoms with van der Waals surface area (Å²) in [6.07, 6.45) is 4.57. The summed E-state index contributed by atoms with van der Waals surface area (Å²) in [5.41, 5.74) is 5.70. The maximum Gasteiger partial charge on any atom is 0.279 e. The van der Waals surface area contributed by atoms with Gasteiger partial charge < -0.3 is 9.84 Å². The Hall–Kier alpha value is -4.56. The molecular weight excluding hydrogens is 496 g/mol. The smallest absolute Gasteiger partial charge is 0.279 e. The summed E-state index contributed by atoms with van der Waals surface area (Å²) < 4.78 is 5.52. The average molecular weight is 521 g/mol. The van der Waals surface area contributed by atoms with Gasteiger partial charge in [-0.25, -0.2) is 4.98 Å². The van der Waals surface area contributed by atoms with Crippen molar-refractivity contribution in [1.29, 1.82) is 0 Å². The zero-order valence-corrected chi connectivity index (χ0v) is 21.3. The molecule has 2 heterocycles. The summed E-state index contributed by atoms with van der Waals surface area (Å²) in [7, 11) is 0. The molecule has 1 aliphatic rings. The van der Waals surface area contributed by atoms with Crippen LogP contribution in [0.4, 0.5) is 10.1 Å². The fraction of sp³-hybridized carbons (Fsp3) is 0.133. The van der Waals surface area contributed by atoms with Gasteiger partial charge in [-0.15, -0.1) is 0 Å². The Morgan fingerprint density at radius 3 is 2.29 bits per heavy atom. The first kappa shape index (κ1) is 23.8. The van der Waals surface area contributed by atoms with Crippen molar-refractivity contribution in [3.05, 3.63) is 107 Å². The van der Waals surface area contributed by atoms with Gasteiger partial charge in [0.1, 0.15) is 10.7 Å². The monoisotopic (exact) mass is 520 g/mol. The Morgan fingerprint density at radius 1 is 0.763 bits per heavy atom. The van der Waals surface area contributed by atoms with Crippen molar-refractivity contribution in [2.24, 2.45) is 0 Å². The van der Waals surface area contributed by atoms with Crippen LogP contribution in [0.15, 0.2) is 89.5 Å². The van der Waals surface area contributed by atoms with Crippen molar-refractivity contribution in [2.75, 3.05) is 10.6 Å². The number of aryl methyl sites for hydroxylation is 2. The first-order chi connectivity index (χ1) is 18.6. The van der Waals surface area contributed by atoms with Gasteiger partial charge in [0.2, 0.25) is 0 Å². The second-order valence-electron chi connectivity index (χ2n) is 9.10. The predicted molar refractivity (Wildman–Crippen MR) is 148 cm³/mol. The molecule has 2 amide bonds. The lowest BCUT2D eigenvalue weighted by molar-refractivity contribution is 0.101. The number of aromatic nitrogens is 2. The van der Waals surface area contributed by atoms with Gasteiger partial charge in [-0.1, -0.05) is 77.2 Å².